The lowest BCUT2D eigenvalue weighted by molar-refractivity contribution is 0.198. The first kappa shape index (κ1) is 10.5. The van der Waals surface area contributed by atoms with Gasteiger partial charge < -0.3 is 15.0 Å². The molecule has 0 spiro atoms. The number of hydrogen-bond donors (Lipinski definition) is 2. The minimum absolute atomic E-state index is 0.232. The van der Waals surface area contributed by atoms with Crippen molar-refractivity contribution in [1.29, 1.82) is 0 Å². The Labute approximate surface area is 99.5 Å². The number of H-pyrrole nitrogens is 1. The van der Waals surface area contributed by atoms with E-state index in [2.05, 4.69) is 26.8 Å². The van der Waals surface area contributed by atoms with Gasteiger partial charge in [0.2, 0.25) is 0 Å². The Hall–Kier alpha value is -1.62. The van der Waals surface area contributed by atoms with E-state index < -0.39 is 0 Å². The van der Waals surface area contributed by atoms with Crippen molar-refractivity contribution in [3.8, 4) is 0 Å². The van der Waals surface area contributed by atoms with Crippen LogP contribution in [0.5, 0.6) is 0 Å². The summed E-state index contributed by atoms with van der Waals surface area (Å²) < 4.78 is 0. The van der Waals surface area contributed by atoms with E-state index in [1.54, 1.807) is 6.33 Å². The summed E-state index contributed by atoms with van der Waals surface area (Å²) in [4.78, 5) is 13.9. The Balaban J connectivity index is 2.11. The quantitative estimate of drug-likeness (QED) is 0.813. The lowest BCUT2D eigenvalue weighted by atomic mass is 10.2. The van der Waals surface area contributed by atoms with Gasteiger partial charge in [0, 0.05) is 19.3 Å². The number of nitrogens with one attached hydrogen (secondary N) is 1. The van der Waals surface area contributed by atoms with Crippen LogP contribution in [0.15, 0.2) is 12.5 Å². The van der Waals surface area contributed by atoms with Gasteiger partial charge in [0.1, 0.15) is 17.8 Å². The first-order valence-electron chi connectivity index (χ1n) is 6.03. The number of anilines is 1. The number of aliphatic hydroxyl groups is 1. The Morgan fingerprint density at radius 1 is 1.53 bits per heavy atom. The molecule has 0 radical (unpaired) electrons. The minimum atomic E-state index is -0.232. The molecule has 3 heterocycles. The Bertz CT molecular complexity index is 536. The summed E-state index contributed by atoms with van der Waals surface area (Å²) in [6.45, 7) is 3.65. The number of β-amino-alcohol motifs (C(OH)–C–C–N with tert-alkyl or cyclic N) is 1. The minimum Gasteiger partial charge on any atom is -0.391 e. The van der Waals surface area contributed by atoms with Crippen LogP contribution in [-0.2, 0) is 6.42 Å². The highest BCUT2D eigenvalue weighted by atomic mass is 16.3. The van der Waals surface area contributed by atoms with Gasteiger partial charge in [0.05, 0.1) is 11.5 Å². The maximum atomic E-state index is 9.62. The third-order valence-electron chi connectivity index (χ3n) is 3.38. The van der Waals surface area contributed by atoms with Crippen LogP contribution in [0.1, 0.15) is 18.9 Å². The van der Waals surface area contributed by atoms with Gasteiger partial charge in [0.15, 0.2) is 0 Å². The summed E-state index contributed by atoms with van der Waals surface area (Å²) >= 11 is 0. The second-order valence-corrected chi connectivity index (χ2v) is 4.48. The van der Waals surface area contributed by atoms with Crippen LogP contribution >= 0.6 is 0 Å². The molecule has 3 rings (SSSR count). The monoisotopic (exact) mass is 232 g/mol. The van der Waals surface area contributed by atoms with Gasteiger partial charge in [0.25, 0.3) is 0 Å². The zero-order valence-electron chi connectivity index (χ0n) is 9.85. The van der Waals surface area contributed by atoms with Gasteiger partial charge in [-0.1, -0.05) is 6.92 Å². The van der Waals surface area contributed by atoms with Gasteiger partial charge in [-0.05, 0) is 18.4 Å². The fourth-order valence-electron chi connectivity index (χ4n) is 2.46. The molecule has 0 aliphatic carbocycles. The smallest absolute Gasteiger partial charge is 0.143 e. The number of aromatic amines is 1. The number of aliphatic hydroxyl groups excluding tert-OH is 1. The van der Waals surface area contributed by atoms with E-state index >= 15 is 0 Å². The molecule has 5 heteroatoms. The second-order valence-electron chi connectivity index (χ2n) is 4.48. The molecule has 1 saturated heterocycles. The lowest BCUT2D eigenvalue weighted by Gasteiger charge is -2.17. The van der Waals surface area contributed by atoms with Crippen LogP contribution < -0.4 is 4.90 Å². The third-order valence-corrected chi connectivity index (χ3v) is 3.38. The maximum absolute atomic E-state index is 9.62. The Morgan fingerprint density at radius 2 is 2.41 bits per heavy atom. The molecular formula is C12H16N4O. The predicted octanol–water partition coefficient (Wildman–Crippen LogP) is 1.09. The van der Waals surface area contributed by atoms with Crippen LogP contribution in [0, 0.1) is 0 Å². The molecule has 2 aromatic heterocycles. The molecule has 0 saturated carbocycles. The van der Waals surface area contributed by atoms with Crippen LogP contribution in [0.25, 0.3) is 11.0 Å². The van der Waals surface area contributed by atoms with Crippen LogP contribution in [0.4, 0.5) is 5.82 Å². The Morgan fingerprint density at radius 3 is 3.12 bits per heavy atom. The molecule has 1 unspecified atom stereocenters. The standard InChI is InChI=1S/C12H16N4O/c1-2-8-5-13-11-10(8)12(15-7-14-11)16-4-3-9(17)6-16/h5,7,9,17H,2-4,6H2,1H3,(H,13,14,15). The average Bonchev–Trinajstić information content (AvgIpc) is 2.94. The highest BCUT2D eigenvalue weighted by Gasteiger charge is 2.24. The van der Waals surface area contributed by atoms with Crippen molar-refractivity contribution < 1.29 is 5.11 Å². The molecule has 2 aromatic rings. The van der Waals surface area contributed by atoms with Crippen molar-refractivity contribution in [1.82, 2.24) is 15.0 Å². The van der Waals surface area contributed by atoms with E-state index in [9.17, 15) is 5.11 Å². The maximum Gasteiger partial charge on any atom is 0.143 e. The van der Waals surface area contributed by atoms with Gasteiger partial charge in [-0.15, -0.1) is 0 Å². The molecule has 0 aromatic carbocycles. The van der Waals surface area contributed by atoms with E-state index in [-0.39, 0.29) is 6.10 Å². The zero-order valence-corrected chi connectivity index (χ0v) is 9.85. The topological polar surface area (TPSA) is 65.0 Å². The highest BCUT2D eigenvalue weighted by molar-refractivity contribution is 5.90. The Kier molecular flexibility index (Phi) is 2.48. The molecule has 90 valence electrons. The molecule has 2 N–H and O–H groups in total. The molecular weight excluding hydrogens is 216 g/mol. The van der Waals surface area contributed by atoms with Crippen molar-refractivity contribution in [2.75, 3.05) is 18.0 Å². The largest absolute Gasteiger partial charge is 0.391 e. The number of aryl methyl sites for hydroxylation is 1. The first-order valence-corrected chi connectivity index (χ1v) is 6.03. The first-order chi connectivity index (χ1) is 8.29. The highest BCUT2D eigenvalue weighted by Crippen LogP contribution is 2.28. The number of fused-ring (bicyclic) bond motifs is 1. The van der Waals surface area contributed by atoms with Gasteiger partial charge >= 0.3 is 0 Å². The molecule has 1 fully saturated rings. The van der Waals surface area contributed by atoms with Crippen LogP contribution in [-0.4, -0.2) is 39.3 Å². The molecule has 17 heavy (non-hydrogen) atoms. The average molecular weight is 232 g/mol. The third kappa shape index (κ3) is 1.67. The number of hydrogen-bond acceptors (Lipinski definition) is 4. The predicted molar refractivity (Wildman–Crippen MR) is 66.1 cm³/mol. The molecule has 1 aliphatic heterocycles. The molecule has 0 amide bonds. The SMILES string of the molecule is CCc1c[nH]c2ncnc(N3CCC(O)C3)c12. The van der Waals surface area contributed by atoms with E-state index in [4.69, 9.17) is 0 Å². The lowest BCUT2D eigenvalue weighted by Crippen LogP contribution is -2.22. The molecule has 0 bridgehead atoms. The van der Waals surface area contributed by atoms with Gasteiger partial charge in [-0.2, -0.15) is 0 Å². The van der Waals surface area contributed by atoms with E-state index in [0.29, 0.717) is 6.54 Å². The van der Waals surface area contributed by atoms with Crippen LogP contribution in [0.3, 0.4) is 0 Å². The van der Waals surface area contributed by atoms with Crippen molar-refractivity contribution in [3.63, 3.8) is 0 Å². The summed E-state index contributed by atoms with van der Waals surface area (Å²) in [5.74, 6) is 0.949. The molecule has 5 nitrogen and oxygen atoms in total. The number of rotatable bonds is 2. The van der Waals surface area contributed by atoms with Gasteiger partial charge in [-0.3, -0.25) is 0 Å². The summed E-state index contributed by atoms with van der Waals surface area (Å²) in [5, 5.41) is 10.7. The summed E-state index contributed by atoms with van der Waals surface area (Å²) in [7, 11) is 0. The van der Waals surface area contributed by atoms with Crippen molar-refractivity contribution in [3.05, 3.63) is 18.1 Å². The van der Waals surface area contributed by atoms with Gasteiger partial charge in [-0.25, -0.2) is 9.97 Å². The molecule has 1 aliphatic rings. The number of aromatic nitrogens is 3. The second kappa shape index (κ2) is 4.00. The number of nitrogens with zero attached hydrogens (tertiary/aromatic N) is 3. The van der Waals surface area contributed by atoms with Crippen molar-refractivity contribution >= 4 is 16.9 Å². The summed E-state index contributed by atoms with van der Waals surface area (Å²) in [5.41, 5.74) is 2.12. The van der Waals surface area contributed by atoms with E-state index in [0.717, 1.165) is 36.2 Å². The normalized spacial score (nSPS) is 20.4. The van der Waals surface area contributed by atoms with E-state index in [1.165, 1.54) is 5.56 Å². The molecule has 1 atom stereocenters. The van der Waals surface area contributed by atoms with E-state index in [1.807, 2.05) is 6.20 Å². The summed E-state index contributed by atoms with van der Waals surface area (Å²) in [6.07, 6.45) is 5.12. The summed E-state index contributed by atoms with van der Waals surface area (Å²) in [6, 6.07) is 0. The zero-order chi connectivity index (χ0) is 11.8. The van der Waals surface area contributed by atoms with Crippen molar-refractivity contribution in [2.24, 2.45) is 0 Å². The fourth-order valence-corrected chi connectivity index (χ4v) is 2.46. The van der Waals surface area contributed by atoms with Crippen molar-refractivity contribution in [2.45, 2.75) is 25.9 Å². The van der Waals surface area contributed by atoms with Crippen LogP contribution in [0.2, 0.25) is 0 Å². The fraction of sp³-hybridized carbons (Fsp3) is 0.500.